The first-order valence-electron chi connectivity index (χ1n) is 9.51. The topological polar surface area (TPSA) is 130 Å². The molecule has 28 heavy (non-hydrogen) atoms. The number of carbonyl (C=O) groups excluding carboxylic acids is 6. The van der Waals surface area contributed by atoms with Crippen molar-refractivity contribution in [3.8, 4) is 0 Å². The van der Waals surface area contributed by atoms with Crippen molar-refractivity contribution in [3.63, 3.8) is 0 Å². The summed E-state index contributed by atoms with van der Waals surface area (Å²) in [5.41, 5.74) is 0. The van der Waals surface area contributed by atoms with E-state index in [0.29, 0.717) is 6.42 Å². The van der Waals surface area contributed by atoms with E-state index in [9.17, 15) is 28.8 Å². The van der Waals surface area contributed by atoms with E-state index in [-0.39, 0.29) is 25.7 Å². The van der Waals surface area contributed by atoms with Gasteiger partial charge < -0.3 is 14.2 Å². The van der Waals surface area contributed by atoms with Crippen molar-refractivity contribution < 1.29 is 43.0 Å². The third-order valence-corrected chi connectivity index (χ3v) is 6.08. The first-order valence-corrected chi connectivity index (χ1v) is 9.51. The molecule has 152 valence electrons. The molecule has 0 radical (unpaired) electrons. The van der Waals surface area contributed by atoms with Gasteiger partial charge in [-0.2, -0.15) is 0 Å². The van der Waals surface area contributed by atoms with Crippen LogP contribution in [0.15, 0.2) is 0 Å². The second kappa shape index (κ2) is 7.81. The quantitative estimate of drug-likeness (QED) is 0.351. The summed E-state index contributed by atoms with van der Waals surface area (Å²) >= 11 is 0. The predicted octanol–water partition coefficient (Wildman–Crippen LogP) is 0.924. The van der Waals surface area contributed by atoms with Gasteiger partial charge in [0.1, 0.15) is 0 Å². The van der Waals surface area contributed by atoms with Crippen LogP contribution in [0.3, 0.4) is 0 Å². The normalized spacial score (nSPS) is 35.4. The molecular formula is C19H22O9. The largest absolute Gasteiger partial charge is 0.393 e. The van der Waals surface area contributed by atoms with Crippen LogP contribution in [-0.4, -0.2) is 35.8 Å². The minimum absolute atomic E-state index is 0.192. The zero-order valence-corrected chi connectivity index (χ0v) is 15.7. The molecule has 3 rings (SSSR count). The minimum atomic E-state index is -0.753. The maximum Gasteiger partial charge on any atom is 0.317 e. The third kappa shape index (κ3) is 3.57. The average molecular weight is 394 g/mol. The van der Waals surface area contributed by atoms with Gasteiger partial charge in [-0.25, -0.2) is 0 Å². The van der Waals surface area contributed by atoms with E-state index in [4.69, 9.17) is 4.74 Å². The molecule has 0 amide bonds. The van der Waals surface area contributed by atoms with E-state index in [1.54, 1.807) is 13.8 Å². The van der Waals surface area contributed by atoms with Crippen molar-refractivity contribution in [2.24, 2.45) is 35.5 Å². The lowest BCUT2D eigenvalue weighted by Crippen LogP contribution is -2.24. The monoisotopic (exact) mass is 394 g/mol. The molecule has 0 spiro atoms. The lowest BCUT2D eigenvalue weighted by atomic mass is 9.80. The van der Waals surface area contributed by atoms with E-state index in [0.717, 1.165) is 0 Å². The van der Waals surface area contributed by atoms with E-state index in [2.05, 4.69) is 9.47 Å². The van der Waals surface area contributed by atoms with Gasteiger partial charge in [-0.3, -0.25) is 28.8 Å². The number of hydrogen-bond acceptors (Lipinski definition) is 9. The molecule has 3 saturated heterocycles. The molecule has 0 saturated carbocycles. The Hall–Kier alpha value is -2.58. The number of ether oxygens (including phenoxy) is 3. The maximum absolute atomic E-state index is 12.1. The van der Waals surface area contributed by atoms with Crippen molar-refractivity contribution in [1.82, 2.24) is 0 Å². The second-order valence-electron chi connectivity index (χ2n) is 7.60. The van der Waals surface area contributed by atoms with Crippen LogP contribution in [0.2, 0.25) is 0 Å². The van der Waals surface area contributed by atoms with Gasteiger partial charge in [0, 0.05) is 0 Å². The van der Waals surface area contributed by atoms with E-state index in [1.807, 2.05) is 0 Å². The summed E-state index contributed by atoms with van der Waals surface area (Å²) in [5.74, 6) is -7.64. The highest BCUT2D eigenvalue weighted by molar-refractivity contribution is 5.98. The van der Waals surface area contributed by atoms with Crippen LogP contribution in [-0.2, 0) is 43.0 Å². The first kappa shape index (κ1) is 20.2. The van der Waals surface area contributed by atoms with Gasteiger partial charge in [0.05, 0.1) is 35.5 Å². The van der Waals surface area contributed by atoms with Crippen LogP contribution < -0.4 is 0 Å². The fourth-order valence-electron chi connectivity index (χ4n) is 4.29. The molecule has 0 aliphatic carbocycles. The minimum Gasteiger partial charge on any atom is -0.393 e. The van der Waals surface area contributed by atoms with Crippen molar-refractivity contribution in [2.45, 2.75) is 46.0 Å². The molecule has 0 aromatic carbocycles. The van der Waals surface area contributed by atoms with Crippen LogP contribution in [0.25, 0.3) is 0 Å². The molecule has 9 heteroatoms. The van der Waals surface area contributed by atoms with E-state index < -0.39 is 71.3 Å². The summed E-state index contributed by atoms with van der Waals surface area (Å²) in [6.07, 6.45) is 1.28. The van der Waals surface area contributed by atoms with Crippen LogP contribution in [0.4, 0.5) is 0 Å². The van der Waals surface area contributed by atoms with Gasteiger partial charge in [0.15, 0.2) is 0 Å². The molecule has 0 aromatic heterocycles. The van der Waals surface area contributed by atoms with Gasteiger partial charge in [0.2, 0.25) is 0 Å². The fourth-order valence-corrected chi connectivity index (χ4v) is 4.29. The summed E-state index contributed by atoms with van der Waals surface area (Å²) in [5, 5.41) is 0. The van der Waals surface area contributed by atoms with Crippen molar-refractivity contribution >= 4 is 35.8 Å². The summed E-state index contributed by atoms with van der Waals surface area (Å²) in [4.78, 5) is 71.0. The number of cyclic esters (lactones) is 6. The van der Waals surface area contributed by atoms with Crippen LogP contribution in [0.1, 0.15) is 46.0 Å². The zero-order valence-electron chi connectivity index (χ0n) is 15.7. The number of esters is 6. The van der Waals surface area contributed by atoms with Gasteiger partial charge in [-0.1, -0.05) is 13.8 Å². The lowest BCUT2D eigenvalue weighted by Gasteiger charge is -2.18. The van der Waals surface area contributed by atoms with Crippen molar-refractivity contribution in [1.29, 1.82) is 0 Å². The standard InChI is InChI=1S/C19H22O9/c1-3-9-11(17(23)27-15(9)21)6-7-13-12(18(24)28-19(13)25)5-4-10-8(2)14(20)26-16(10)22/h8-13H,3-7H2,1-2H3. The number of hydrogen-bond donors (Lipinski definition) is 0. The molecule has 6 atom stereocenters. The van der Waals surface area contributed by atoms with E-state index >= 15 is 0 Å². The Kier molecular flexibility index (Phi) is 5.62. The van der Waals surface area contributed by atoms with Gasteiger partial charge in [-0.15, -0.1) is 0 Å². The highest BCUT2D eigenvalue weighted by atomic mass is 16.6. The summed E-state index contributed by atoms with van der Waals surface area (Å²) in [6, 6.07) is 0. The molecule has 3 fully saturated rings. The van der Waals surface area contributed by atoms with Crippen molar-refractivity contribution in [2.75, 3.05) is 0 Å². The molecule has 3 aliphatic rings. The Morgan fingerprint density at radius 2 is 0.857 bits per heavy atom. The Balaban J connectivity index is 1.63. The molecule has 0 N–H and O–H groups in total. The summed E-state index contributed by atoms with van der Waals surface area (Å²) < 4.78 is 14.0. The molecular weight excluding hydrogens is 372 g/mol. The SMILES string of the molecule is CCC1C(=O)OC(=O)C1CCC1C(=O)OC(=O)C1CCC1C(=O)OC(=O)C1C. The average Bonchev–Trinajstić information content (AvgIpc) is 3.15. The Bertz CT molecular complexity index is 740. The molecule has 3 heterocycles. The molecule has 0 bridgehead atoms. The Labute approximate surface area is 161 Å². The van der Waals surface area contributed by atoms with Crippen molar-refractivity contribution in [3.05, 3.63) is 0 Å². The Morgan fingerprint density at radius 3 is 1.25 bits per heavy atom. The van der Waals surface area contributed by atoms with Crippen LogP contribution >= 0.6 is 0 Å². The van der Waals surface area contributed by atoms with Crippen LogP contribution in [0.5, 0.6) is 0 Å². The maximum atomic E-state index is 12.1. The number of carbonyl (C=O) groups is 6. The summed E-state index contributed by atoms with van der Waals surface area (Å²) in [7, 11) is 0. The smallest absolute Gasteiger partial charge is 0.317 e. The summed E-state index contributed by atoms with van der Waals surface area (Å²) in [6.45, 7) is 3.36. The van der Waals surface area contributed by atoms with Gasteiger partial charge in [0.25, 0.3) is 0 Å². The number of rotatable bonds is 7. The molecule has 3 aliphatic heterocycles. The third-order valence-electron chi connectivity index (χ3n) is 6.08. The van der Waals surface area contributed by atoms with Gasteiger partial charge in [-0.05, 0) is 32.1 Å². The lowest BCUT2D eigenvalue weighted by molar-refractivity contribution is -0.156. The second-order valence-corrected chi connectivity index (χ2v) is 7.60. The first-order chi connectivity index (χ1) is 13.2. The molecule has 0 aromatic rings. The van der Waals surface area contributed by atoms with E-state index in [1.165, 1.54) is 0 Å². The van der Waals surface area contributed by atoms with Gasteiger partial charge >= 0.3 is 35.8 Å². The highest BCUT2D eigenvalue weighted by Crippen LogP contribution is 2.38. The van der Waals surface area contributed by atoms with Crippen LogP contribution in [0, 0.1) is 35.5 Å². The predicted molar refractivity (Wildman–Crippen MR) is 88.7 cm³/mol. The zero-order chi connectivity index (χ0) is 20.6. The fraction of sp³-hybridized carbons (Fsp3) is 0.684. The molecule has 6 unspecified atom stereocenters. The molecule has 9 nitrogen and oxygen atoms in total. The Morgan fingerprint density at radius 1 is 0.536 bits per heavy atom. The highest BCUT2D eigenvalue weighted by Gasteiger charge is 2.48.